The summed E-state index contributed by atoms with van der Waals surface area (Å²) in [5.74, 6) is -0.436. The van der Waals surface area contributed by atoms with Gasteiger partial charge in [0.2, 0.25) is 5.91 Å². The van der Waals surface area contributed by atoms with Crippen LogP contribution < -0.4 is 19.3 Å². The molecule has 0 bridgehead atoms. The van der Waals surface area contributed by atoms with Crippen molar-refractivity contribution < 1.29 is 23.9 Å². The van der Waals surface area contributed by atoms with Crippen LogP contribution >= 0.6 is 24.0 Å². The fourth-order valence-electron chi connectivity index (χ4n) is 3.44. The number of thiocarbonyl (C=S) groups is 1. The topological polar surface area (TPSA) is 76.2 Å². The predicted octanol–water partition coefficient (Wildman–Crippen LogP) is 3.37. The van der Waals surface area contributed by atoms with Crippen LogP contribution in [0.4, 0.5) is 11.4 Å². The number of carbonyl (C=O) groups excluding carboxylic acids is 3. The average molecular weight is 441 g/mol. The number of benzene rings is 2. The minimum atomic E-state index is -0.536. The van der Waals surface area contributed by atoms with Gasteiger partial charge in [0.1, 0.15) is 11.5 Å². The van der Waals surface area contributed by atoms with Gasteiger partial charge in [-0.1, -0.05) is 42.2 Å². The molecule has 0 spiro atoms. The van der Waals surface area contributed by atoms with Crippen molar-refractivity contribution in [3.05, 3.63) is 52.9 Å². The highest BCUT2D eigenvalue weighted by atomic mass is 32.2. The summed E-state index contributed by atoms with van der Waals surface area (Å²) in [6.45, 7) is 1.31. The number of thioether (sulfide) groups is 1. The quantitative estimate of drug-likeness (QED) is 0.535. The molecule has 2 aliphatic heterocycles. The summed E-state index contributed by atoms with van der Waals surface area (Å²) in [7, 11) is 3.01. The van der Waals surface area contributed by atoms with Crippen molar-refractivity contribution in [2.45, 2.75) is 6.92 Å². The summed E-state index contributed by atoms with van der Waals surface area (Å²) in [5.41, 5.74) is 1.60. The highest BCUT2D eigenvalue weighted by molar-refractivity contribution is 8.27. The average Bonchev–Trinajstić information content (AvgIpc) is 3.19. The van der Waals surface area contributed by atoms with Gasteiger partial charge in [-0.05, 0) is 18.2 Å². The van der Waals surface area contributed by atoms with Crippen molar-refractivity contribution >= 4 is 63.0 Å². The summed E-state index contributed by atoms with van der Waals surface area (Å²) in [5, 5.41) is 0. The second-order valence-electron chi connectivity index (χ2n) is 6.43. The standard InChI is InChI=1S/C21H16N2O5S2/c1-11(24)22-14-7-5-4-6-13(14)17(19(22)25)18-20(26)23(21(29)30-18)15-9-8-12(27-2)10-16(15)28-3/h4-10H,1-3H3/b18-17-. The van der Waals surface area contributed by atoms with E-state index in [4.69, 9.17) is 21.7 Å². The molecule has 0 aliphatic carbocycles. The molecule has 4 rings (SSSR count). The van der Waals surface area contributed by atoms with Crippen molar-refractivity contribution in [1.29, 1.82) is 0 Å². The zero-order valence-corrected chi connectivity index (χ0v) is 17.9. The van der Waals surface area contributed by atoms with E-state index in [-0.39, 0.29) is 14.8 Å². The molecule has 0 unspecified atom stereocenters. The summed E-state index contributed by atoms with van der Waals surface area (Å²) in [4.78, 5) is 41.1. The Bertz CT molecular complexity index is 1160. The molecule has 9 heteroatoms. The predicted molar refractivity (Wildman–Crippen MR) is 119 cm³/mol. The van der Waals surface area contributed by atoms with Gasteiger partial charge in [0.05, 0.1) is 36.1 Å². The van der Waals surface area contributed by atoms with Gasteiger partial charge in [0.15, 0.2) is 4.32 Å². The first-order chi connectivity index (χ1) is 14.4. The fraction of sp³-hybridized carbons (Fsp3) is 0.143. The van der Waals surface area contributed by atoms with Gasteiger partial charge in [-0.15, -0.1) is 0 Å². The van der Waals surface area contributed by atoms with Crippen molar-refractivity contribution in [2.75, 3.05) is 24.0 Å². The van der Waals surface area contributed by atoms with Crippen LogP contribution in [-0.4, -0.2) is 36.3 Å². The van der Waals surface area contributed by atoms with E-state index in [2.05, 4.69) is 0 Å². The number of carbonyl (C=O) groups is 3. The maximum Gasteiger partial charge on any atom is 0.271 e. The normalized spacial score (nSPS) is 18.2. The molecule has 0 radical (unpaired) electrons. The monoisotopic (exact) mass is 440 g/mol. The van der Waals surface area contributed by atoms with Gasteiger partial charge in [0.25, 0.3) is 11.8 Å². The lowest BCUT2D eigenvalue weighted by molar-refractivity contribution is -0.122. The van der Waals surface area contributed by atoms with Crippen molar-refractivity contribution in [1.82, 2.24) is 0 Å². The third-order valence-corrected chi connectivity index (χ3v) is 6.14. The molecule has 2 aromatic carbocycles. The van der Waals surface area contributed by atoms with Crippen LogP contribution in [0.1, 0.15) is 12.5 Å². The minimum Gasteiger partial charge on any atom is -0.497 e. The van der Waals surface area contributed by atoms with Crippen LogP contribution in [0.25, 0.3) is 5.57 Å². The second-order valence-corrected chi connectivity index (χ2v) is 8.07. The van der Waals surface area contributed by atoms with E-state index in [9.17, 15) is 14.4 Å². The maximum atomic E-state index is 13.4. The number of nitrogens with zero attached hydrogens (tertiary/aromatic N) is 2. The molecule has 0 saturated carbocycles. The number of para-hydroxylation sites is 1. The highest BCUT2D eigenvalue weighted by Gasteiger charge is 2.44. The Hall–Kier alpha value is -3.17. The van der Waals surface area contributed by atoms with Gasteiger partial charge < -0.3 is 9.47 Å². The number of methoxy groups -OCH3 is 2. The smallest absolute Gasteiger partial charge is 0.271 e. The van der Waals surface area contributed by atoms with Crippen molar-refractivity contribution in [3.63, 3.8) is 0 Å². The number of amides is 3. The van der Waals surface area contributed by atoms with Gasteiger partial charge in [-0.2, -0.15) is 0 Å². The van der Waals surface area contributed by atoms with Gasteiger partial charge in [-0.3, -0.25) is 19.3 Å². The van der Waals surface area contributed by atoms with E-state index in [0.29, 0.717) is 28.4 Å². The Kier molecular flexibility index (Phi) is 5.08. The van der Waals surface area contributed by atoms with Crippen molar-refractivity contribution in [3.8, 4) is 11.5 Å². The molecule has 2 heterocycles. The van der Waals surface area contributed by atoms with Gasteiger partial charge >= 0.3 is 0 Å². The number of ether oxygens (including phenoxy) is 2. The first-order valence-electron chi connectivity index (χ1n) is 8.86. The highest BCUT2D eigenvalue weighted by Crippen LogP contribution is 2.47. The molecule has 0 aromatic heterocycles. The number of rotatable bonds is 3. The third-order valence-electron chi connectivity index (χ3n) is 4.77. The molecule has 0 atom stereocenters. The second kappa shape index (κ2) is 7.58. The van der Waals surface area contributed by atoms with E-state index in [0.717, 1.165) is 16.7 Å². The Labute approximate surface area is 182 Å². The molecule has 2 aliphatic rings. The van der Waals surface area contributed by atoms with E-state index in [1.807, 2.05) is 0 Å². The van der Waals surface area contributed by atoms with Gasteiger partial charge in [-0.25, -0.2) is 4.90 Å². The van der Waals surface area contributed by atoms with Crippen LogP contribution in [0.2, 0.25) is 0 Å². The van der Waals surface area contributed by atoms with E-state index in [1.165, 1.54) is 26.0 Å². The number of hydrogen-bond acceptors (Lipinski definition) is 7. The largest absolute Gasteiger partial charge is 0.497 e. The molecular formula is C21H16N2O5S2. The van der Waals surface area contributed by atoms with E-state index < -0.39 is 17.7 Å². The number of imide groups is 1. The molecule has 1 saturated heterocycles. The van der Waals surface area contributed by atoms with E-state index in [1.54, 1.807) is 42.5 Å². The third kappa shape index (κ3) is 2.98. The number of anilines is 2. The molecule has 3 amide bonds. The summed E-state index contributed by atoms with van der Waals surface area (Å²) < 4.78 is 10.9. The van der Waals surface area contributed by atoms with Crippen LogP contribution in [0.3, 0.4) is 0 Å². The molecule has 0 N–H and O–H groups in total. The molecular weight excluding hydrogens is 424 g/mol. The summed E-state index contributed by atoms with van der Waals surface area (Å²) in [6, 6.07) is 11.9. The SMILES string of the molecule is COc1ccc(N2C(=O)/C(=C3/C(=O)N(C(C)=O)c4ccccc43)SC2=S)c(OC)c1. The Morgan fingerprint density at radius 2 is 1.73 bits per heavy atom. The molecule has 1 fully saturated rings. The molecule has 152 valence electrons. The Balaban J connectivity index is 1.85. The van der Waals surface area contributed by atoms with Crippen LogP contribution in [-0.2, 0) is 14.4 Å². The maximum absolute atomic E-state index is 13.4. The zero-order valence-electron chi connectivity index (χ0n) is 16.3. The Morgan fingerprint density at radius 3 is 2.40 bits per heavy atom. The lowest BCUT2D eigenvalue weighted by atomic mass is 10.1. The van der Waals surface area contributed by atoms with Gasteiger partial charge in [0, 0.05) is 18.6 Å². The fourth-order valence-corrected chi connectivity index (χ4v) is 4.80. The van der Waals surface area contributed by atoms with E-state index >= 15 is 0 Å². The van der Waals surface area contributed by atoms with Crippen LogP contribution in [0, 0.1) is 0 Å². The minimum absolute atomic E-state index is 0.174. The van der Waals surface area contributed by atoms with Crippen LogP contribution in [0.5, 0.6) is 11.5 Å². The van der Waals surface area contributed by atoms with Crippen molar-refractivity contribution in [2.24, 2.45) is 0 Å². The lowest BCUT2D eigenvalue weighted by Gasteiger charge is -2.18. The number of fused-ring (bicyclic) bond motifs is 1. The van der Waals surface area contributed by atoms with Crippen LogP contribution in [0.15, 0.2) is 47.4 Å². The summed E-state index contributed by atoms with van der Waals surface area (Å²) >= 11 is 6.48. The zero-order chi connectivity index (χ0) is 21.6. The molecule has 7 nitrogen and oxygen atoms in total. The number of hydrogen-bond donors (Lipinski definition) is 0. The first-order valence-corrected chi connectivity index (χ1v) is 10.1. The lowest BCUT2D eigenvalue weighted by Crippen LogP contribution is -2.32. The first kappa shape index (κ1) is 20.1. The molecule has 30 heavy (non-hydrogen) atoms. The molecule has 2 aromatic rings. The Morgan fingerprint density at radius 1 is 1.00 bits per heavy atom. The summed E-state index contributed by atoms with van der Waals surface area (Å²) in [6.07, 6.45) is 0.